The minimum Gasteiger partial charge on any atom is -0.356 e. The van der Waals surface area contributed by atoms with Gasteiger partial charge in [-0.25, -0.2) is 0 Å². The Labute approximate surface area is 172 Å². The number of aryl methyl sites for hydroxylation is 1. The molecule has 152 valence electrons. The Kier molecular flexibility index (Phi) is 7.28. The maximum atomic E-state index is 11.1. The number of para-hydroxylation sites is 1. The number of aliphatic imine (C=N–C) groups is 1. The van der Waals surface area contributed by atoms with Crippen molar-refractivity contribution >= 4 is 28.5 Å². The Hall–Kier alpha value is -3.28. The third-order valence-electron chi connectivity index (χ3n) is 4.75. The minimum absolute atomic E-state index is 0.0562. The lowest BCUT2D eigenvalue weighted by Gasteiger charge is -2.12. The van der Waals surface area contributed by atoms with Gasteiger partial charge in [0.05, 0.1) is 0 Å². The fourth-order valence-electron chi connectivity index (χ4n) is 3.30. The van der Waals surface area contributed by atoms with Crippen molar-refractivity contribution in [3.63, 3.8) is 0 Å². The highest BCUT2D eigenvalue weighted by molar-refractivity contribution is 5.88. The van der Waals surface area contributed by atoms with Gasteiger partial charge in [0.1, 0.15) is 0 Å². The van der Waals surface area contributed by atoms with E-state index in [0.29, 0.717) is 0 Å². The van der Waals surface area contributed by atoms with E-state index in [9.17, 15) is 4.79 Å². The van der Waals surface area contributed by atoms with Gasteiger partial charge in [-0.2, -0.15) is 0 Å². The van der Waals surface area contributed by atoms with Crippen LogP contribution in [0, 0.1) is 0 Å². The smallest absolute Gasteiger partial charge is 0.221 e. The molecule has 29 heavy (non-hydrogen) atoms. The first-order chi connectivity index (χ1) is 14.2. The lowest BCUT2D eigenvalue weighted by molar-refractivity contribution is -0.114. The average Bonchev–Trinajstić information content (AvgIpc) is 3.14. The zero-order valence-electron chi connectivity index (χ0n) is 17.1. The third kappa shape index (κ3) is 6.10. The SMILES string of the molecule is CN=C(NCCCn1ccc2ccccc21)NCCc1ccc(NC(C)=O)cc1. The topological polar surface area (TPSA) is 70.5 Å². The van der Waals surface area contributed by atoms with E-state index in [1.807, 2.05) is 24.3 Å². The summed E-state index contributed by atoms with van der Waals surface area (Å²) in [7, 11) is 1.79. The van der Waals surface area contributed by atoms with Gasteiger partial charge in [-0.15, -0.1) is 0 Å². The second-order valence-corrected chi connectivity index (χ2v) is 6.98. The Morgan fingerprint density at radius 3 is 2.52 bits per heavy atom. The number of hydrogen-bond acceptors (Lipinski definition) is 2. The van der Waals surface area contributed by atoms with E-state index >= 15 is 0 Å². The van der Waals surface area contributed by atoms with Crippen LogP contribution in [0.3, 0.4) is 0 Å². The number of anilines is 1. The summed E-state index contributed by atoms with van der Waals surface area (Å²) in [6, 6.07) is 18.5. The van der Waals surface area contributed by atoms with Crippen molar-refractivity contribution in [2.75, 3.05) is 25.5 Å². The zero-order chi connectivity index (χ0) is 20.5. The standard InChI is InChI=1S/C23H29N5O/c1-18(29)27-21-10-8-19(9-11-21)12-15-26-23(24-2)25-14-5-16-28-17-13-20-6-3-4-7-22(20)28/h3-4,6-11,13,17H,5,12,14-16H2,1-2H3,(H,27,29)(H2,24,25,26). The molecular weight excluding hydrogens is 362 g/mol. The molecule has 0 aliphatic carbocycles. The summed E-state index contributed by atoms with van der Waals surface area (Å²) in [6.45, 7) is 4.13. The summed E-state index contributed by atoms with van der Waals surface area (Å²) >= 11 is 0. The Bertz CT molecular complexity index is 959. The van der Waals surface area contributed by atoms with Gasteiger partial charge >= 0.3 is 0 Å². The summed E-state index contributed by atoms with van der Waals surface area (Å²) in [5, 5.41) is 10.8. The van der Waals surface area contributed by atoms with Crippen LogP contribution in [0.1, 0.15) is 18.9 Å². The fraction of sp³-hybridized carbons (Fsp3) is 0.304. The number of aromatic nitrogens is 1. The fourth-order valence-corrected chi connectivity index (χ4v) is 3.30. The molecule has 0 unspecified atom stereocenters. The van der Waals surface area contributed by atoms with Crippen molar-refractivity contribution < 1.29 is 4.79 Å². The number of amides is 1. The number of guanidine groups is 1. The van der Waals surface area contributed by atoms with Crippen LogP contribution in [-0.2, 0) is 17.8 Å². The monoisotopic (exact) mass is 391 g/mol. The molecule has 0 radical (unpaired) electrons. The minimum atomic E-state index is -0.0562. The first-order valence-corrected chi connectivity index (χ1v) is 10.0. The van der Waals surface area contributed by atoms with E-state index in [0.717, 1.165) is 44.1 Å². The summed E-state index contributed by atoms with van der Waals surface area (Å²) < 4.78 is 2.29. The van der Waals surface area contributed by atoms with E-state index < -0.39 is 0 Å². The van der Waals surface area contributed by atoms with Crippen LogP contribution in [-0.4, -0.2) is 36.6 Å². The summed E-state index contributed by atoms with van der Waals surface area (Å²) in [4.78, 5) is 15.4. The van der Waals surface area contributed by atoms with Crippen LogP contribution in [0.25, 0.3) is 10.9 Å². The van der Waals surface area contributed by atoms with Gasteiger partial charge in [0, 0.05) is 51.0 Å². The Balaban J connectivity index is 1.36. The molecule has 0 atom stereocenters. The highest BCUT2D eigenvalue weighted by atomic mass is 16.1. The van der Waals surface area contributed by atoms with Crippen LogP contribution in [0.2, 0.25) is 0 Å². The Morgan fingerprint density at radius 1 is 1.00 bits per heavy atom. The summed E-state index contributed by atoms with van der Waals surface area (Å²) in [6.07, 6.45) is 4.05. The normalized spacial score (nSPS) is 11.4. The van der Waals surface area contributed by atoms with E-state index in [4.69, 9.17) is 0 Å². The van der Waals surface area contributed by atoms with Gasteiger partial charge in [0.2, 0.25) is 5.91 Å². The number of fused-ring (bicyclic) bond motifs is 1. The Morgan fingerprint density at radius 2 is 1.76 bits per heavy atom. The molecule has 0 aliphatic rings. The maximum Gasteiger partial charge on any atom is 0.221 e. The largest absolute Gasteiger partial charge is 0.356 e. The van der Waals surface area contributed by atoms with Gasteiger partial charge in [0.25, 0.3) is 0 Å². The molecule has 0 saturated carbocycles. The number of nitrogens with one attached hydrogen (secondary N) is 3. The molecule has 0 spiro atoms. The summed E-state index contributed by atoms with van der Waals surface area (Å²) in [5.41, 5.74) is 3.31. The van der Waals surface area contributed by atoms with Gasteiger partial charge in [-0.3, -0.25) is 9.79 Å². The lowest BCUT2D eigenvalue weighted by Crippen LogP contribution is -2.38. The molecule has 0 bridgehead atoms. The van der Waals surface area contributed by atoms with Gasteiger partial charge in [-0.1, -0.05) is 30.3 Å². The zero-order valence-corrected chi connectivity index (χ0v) is 17.1. The van der Waals surface area contributed by atoms with Crippen molar-refractivity contribution in [2.24, 2.45) is 4.99 Å². The average molecular weight is 392 g/mol. The number of rotatable bonds is 8. The molecule has 3 N–H and O–H groups in total. The van der Waals surface area contributed by atoms with Crippen LogP contribution < -0.4 is 16.0 Å². The molecule has 0 aliphatic heterocycles. The molecule has 1 amide bonds. The molecule has 2 aromatic carbocycles. The molecule has 6 heteroatoms. The molecule has 3 aromatic rings. The van der Waals surface area contributed by atoms with E-state index in [1.165, 1.54) is 23.4 Å². The molecule has 6 nitrogen and oxygen atoms in total. The first kappa shape index (κ1) is 20.5. The van der Waals surface area contributed by atoms with Crippen LogP contribution >= 0.6 is 0 Å². The molecule has 0 saturated heterocycles. The van der Waals surface area contributed by atoms with Gasteiger partial charge < -0.3 is 20.5 Å². The molecule has 0 fully saturated rings. The maximum absolute atomic E-state index is 11.1. The van der Waals surface area contributed by atoms with Crippen molar-refractivity contribution in [1.82, 2.24) is 15.2 Å². The second-order valence-electron chi connectivity index (χ2n) is 6.98. The number of hydrogen-bond donors (Lipinski definition) is 3. The van der Waals surface area contributed by atoms with Crippen molar-refractivity contribution in [3.05, 3.63) is 66.4 Å². The molecule has 3 rings (SSSR count). The highest BCUT2D eigenvalue weighted by Crippen LogP contribution is 2.15. The molecule has 1 aromatic heterocycles. The van der Waals surface area contributed by atoms with Crippen molar-refractivity contribution in [1.29, 1.82) is 0 Å². The van der Waals surface area contributed by atoms with Crippen LogP contribution in [0.15, 0.2) is 65.8 Å². The van der Waals surface area contributed by atoms with Crippen molar-refractivity contribution in [3.8, 4) is 0 Å². The van der Waals surface area contributed by atoms with E-state index in [1.54, 1.807) is 7.05 Å². The number of carbonyl (C=O) groups excluding carboxylic acids is 1. The van der Waals surface area contributed by atoms with Crippen LogP contribution in [0.4, 0.5) is 5.69 Å². The van der Waals surface area contributed by atoms with E-state index in [-0.39, 0.29) is 5.91 Å². The molecule has 1 heterocycles. The summed E-state index contributed by atoms with van der Waals surface area (Å²) in [5.74, 6) is 0.761. The number of nitrogens with zero attached hydrogens (tertiary/aromatic N) is 2. The van der Waals surface area contributed by atoms with Crippen LogP contribution in [0.5, 0.6) is 0 Å². The van der Waals surface area contributed by atoms with E-state index in [2.05, 4.69) is 62.0 Å². The van der Waals surface area contributed by atoms with Gasteiger partial charge in [0.15, 0.2) is 5.96 Å². The molecular formula is C23H29N5O. The van der Waals surface area contributed by atoms with Crippen molar-refractivity contribution in [2.45, 2.75) is 26.3 Å². The first-order valence-electron chi connectivity index (χ1n) is 10.0. The van der Waals surface area contributed by atoms with Gasteiger partial charge in [-0.05, 0) is 48.1 Å². The predicted octanol–water partition coefficient (Wildman–Crippen LogP) is 3.40. The quantitative estimate of drug-likeness (QED) is 0.313. The third-order valence-corrected chi connectivity index (χ3v) is 4.75. The predicted molar refractivity (Wildman–Crippen MR) is 120 cm³/mol. The lowest BCUT2D eigenvalue weighted by atomic mass is 10.1. The highest BCUT2D eigenvalue weighted by Gasteiger charge is 2.01. The number of carbonyl (C=O) groups is 1. The second kappa shape index (κ2) is 10.3. The number of benzene rings is 2.